The highest BCUT2D eigenvalue weighted by atomic mass is 32.2. The van der Waals surface area contributed by atoms with Crippen LogP contribution in [-0.2, 0) is 21.3 Å². The Kier molecular flexibility index (Phi) is 7.88. The number of hydrogen-bond donors (Lipinski definition) is 1. The number of amides is 1. The first kappa shape index (κ1) is 24.7. The van der Waals surface area contributed by atoms with E-state index in [4.69, 9.17) is 4.74 Å². The maximum Gasteiger partial charge on any atom is 0.253 e. The molecule has 0 bridgehead atoms. The maximum atomic E-state index is 13.3. The zero-order valence-electron chi connectivity index (χ0n) is 19.9. The predicted octanol–water partition coefficient (Wildman–Crippen LogP) is 2.17. The molecule has 0 saturated carbocycles. The zero-order chi connectivity index (χ0) is 24.1. The third-order valence-electron chi connectivity index (χ3n) is 6.40. The number of nitrogens with zero attached hydrogens (tertiary/aromatic N) is 3. The van der Waals surface area contributed by atoms with Gasteiger partial charge in [-0.15, -0.1) is 0 Å². The Balaban J connectivity index is 1.46. The number of hydrogen-bond acceptors (Lipinski definition) is 6. The summed E-state index contributed by atoms with van der Waals surface area (Å²) in [6.07, 6.45) is 2.00. The SMILES string of the molecule is CN(C)S(=O)(=O)c1ccc(N2CCCC2)c(C(=O)NCC2CN(Cc3ccccc3)CCO2)c1. The average molecular weight is 487 g/mol. The zero-order valence-corrected chi connectivity index (χ0v) is 20.8. The highest BCUT2D eigenvalue weighted by molar-refractivity contribution is 7.89. The van der Waals surface area contributed by atoms with Crippen LogP contribution in [0.15, 0.2) is 53.4 Å². The van der Waals surface area contributed by atoms with Gasteiger partial charge in [-0.3, -0.25) is 9.69 Å². The van der Waals surface area contributed by atoms with Crippen molar-refractivity contribution in [2.75, 3.05) is 58.3 Å². The highest BCUT2D eigenvalue weighted by Crippen LogP contribution is 2.28. The van der Waals surface area contributed by atoms with Gasteiger partial charge in [0.2, 0.25) is 10.0 Å². The lowest BCUT2D eigenvalue weighted by molar-refractivity contribution is -0.0292. The van der Waals surface area contributed by atoms with Gasteiger partial charge in [0.25, 0.3) is 5.91 Å². The van der Waals surface area contributed by atoms with Crippen molar-refractivity contribution >= 4 is 21.6 Å². The Morgan fingerprint density at radius 2 is 1.82 bits per heavy atom. The van der Waals surface area contributed by atoms with Gasteiger partial charge in [-0.1, -0.05) is 30.3 Å². The molecule has 2 aromatic rings. The van der Waals surface area contributed by atoms with Crippen LogP contribution in [0.5, 0.6) is 0 Å². The van der Waals surface area contributed by atoms with Crippen LogP contribution in [0.4, 0.5) is 5.69 Å². The molecule has 8 nitrogen and oxygen atoms in total. The van der Waals surface area contributed by atoms with Gasteiger partial charge in [-0.2, -0.15) is 0 Å². The van der Waals surface area contributed by atoms with Crippen molar-refractivity contribution in [3.05, 3.63) is 59.7 Å². The Bertz CT molecular complexity index is 1090. The van der Waals surface area contributed by atoms with Gasteiger partial charge in [0.1, 0.15) is 0 Å². The lowest BCUT2D eigenvalue weighted by Gasteiger charge is -2.33. The van der Waals surface area contributed by atoms with E-state index in [0.29, 0.717) is 18.7 Å². The quantitative estimate of drug-likeness (QED) is 0.616. The second-order valence-electron chi connectivity index (χ2n) is 9.08. The largest absolute Gasteiger partial charge is 0.374 e. The number of carbonyl (C=O) groups excluding carboxylic acids is 1. The van der Waals surface area contributed by atoms with Crippen LogP contribution in [0.25, 0.3) is 0 Å². The third kappa shape index (κ3) is 5.78. The van der Waals surface area contributed by atoms with Crippen LogP contribution in [-0.4, -0.2) is 83.1 Å². The van der Waals surface area contributed by atoms with E-state index in [1.165, 1.54) is 25.7 Å². The summed E-state index contributed by atoms with van der Waals surface area (Å²) >= 11 is 0. The molecule has 4 rings (SSSR count). The van der Waals surface area contributed by atoms with Gasteiger partial charge in [0, 0.05) is 59.1 Å². The molecule has 2 aliphatic heterocycles. The predicted molar refractivity (Wildman–Crippen MR) is 133 cm³/mol. The van der Waals surface area contributed by atoms with Crippen LogP contribution in [0.2, 0.25) is 0 Å². The molecule has 2 aliphatic rings. The molecule has 1 unspecified atom stereocenters. The number of morpholine rings is 1. The number of benzene rings is 2. The van der Waals surface area contributed by atoms with Crippen LogP contribution >= 0.6 is 0 Å². The van der Waals surface area contributed by atoms with Gasteiger partial charge in [0.15, 0.2) is 0 Å². The van der Waals surface area contributed by atoms with Crippen LogP contribution in [0.1, 0.15) is 28.8 Å². The minimum Gasteiger partial charge on any atom is -0.374 e. The summed E-state index contributed by atoms with van der Waals surface area (Å²) in [6.45, 7) is 5.13. The molecular weight excluding hydrogens is 452 g/mol. The van der Waals surface area contributed by atoms with Gasteiger partial charge < -0.3 is 15.0 Å². The lowest BCUT2D eigenvalue weighted by atomic mass is 10.1. The van der Waals surface area contributed by atoms with Gasteiger partial charge in [-0.25, -0.2) is 12.7 Å². The molecule has 1 atom stereocenters. The highest BCUT2D eigenvalue weighted by Gasteiger charge is 2.26. The average Bonchev–Trinajstić information content (AvgIpc) is 3.38. The van der Waals surface area contributed by atoms with E-state index in [9.17, 15) is 13.2 Å². The second-order valence-corrected chi connectivity index (χ2v) is 11.2. The molecule has 9 heteroatoms. The van der Waals surface area contributed by atoms with Gasteiger partial charge >= 0.3 is 0 Å². The number of carbonyl (C=O) groups is 1. The van der Waals surface area contributed by atoms with E-state index in [0.717, 1.165) is 55.6 Å². The standard InChI is InChI=1S/C25H34N4O4S/c1-27(2)34(31,32)22-10-11-24(29-12-6-7-13-29)23(16-22)25(30)26-17-21-19-28(14-15-33-21)18-20-8-4-3-5-9-20/h3-5,8-11,16,21H,6-7,12-15,17-19H2,1-2H3,(H,26,30). The van der Waals surface area contributed by atoms with Crippen molar-refractivity contribution in [3.63, 3.8) is 0 Å². The molecule has 2 heterocycles. The normalized spacial score (nSPS) is 19.5. The van der Waals surface area contributed by atoms with E-state index in [-0.39, 0.29) is 16.9 Å². The number of anilines is 1. The van der Waals surface area contributed by atoms with E-state index >= 15 is 0 Å². The number of rotatable bonds is 8. The Morgan fingerprint density at radius 3 is 2.53 bits per heavy atom. The van der Waals surface area contributed by atoms with Crippen molar-refractivity contribution in [1.82, 2.24) is 14.5 Å². The smallest absolute Gasteiger partial charge is 0.253 e. The third-order valence-corrected chi connectivity index (χ3v) is 8.21. The van der Waals surface area contributed by atoms with Crippen LogP contribution in [0, 0.1) is 0 Å². The van der Waals surface area contributed by atoms with E-state index < -0.39 is 10.0 Å². The van der Waals surface area contributed by atoms with Crippen molar-refractivity contribution in [2.45, 2.75) is 30.4 Å². The summed E-state index contributed by atoms with van der Waals surface area (Å²) in [5.41, 5.74) is 2.42. The molecule has 34 heavy (non-hydrogen) atoms. The number of sulfonamides is 1. The summed E-state index contributed by atoms with van der Waals surface area (Å²) < 4.78 is 32.4. The first-order chi connectivity index (χ1) is 16.3. The second kappa shape index (κ2) is 10.9. The minimum atomic E-state index is -3.64. The molecule has 0 spiro atoms. The number of nitrogens with one attached hydrogen (secondary N) is 1. The first-order valence-electron chi connectivity index (χ1n) is 11.8. The van der Waals surface area contributed by atoms with Crippen molar-refractivity contribution in [1.29, 1.82) is 0 Å². The summed E-state index contributed by atoms with van der Waals surface area (Å²) in [5.74, 6) is -0.276. The van der Waals surface area contributed by atoms with Crippen molar-refractivity contribution < 1.29 is 17.9 Å². The fraction of sp³-hybridized carbons (Fsp3) is 0.480. The maximum absolute atomic E-state index is 13.3. The van der Waals surface area contributed by atoms with Gasteiger partial charge in [-0.05, 0) is 36.6 Å². The fourth-order valence-corrected chi connectivity index (χ4v) is 5.42. The molecule has 0 aliphatic carbocycles. The summed E-state index contributed by atoms with van der Waals surface area (Å²) in [6, 6.07) is 15.2. The van der Waals surface area contributed by atoms with E-state index in [1.807, 2.05) is 18.2 Å². The Morgan fingerprint density at radius 1 is 1.09 bits per heavy atom. The van der Waals surface area contributed by atoms with Crippen LogP contribution < -0.4 is 10.2 Å². The van der Waals surface area contributed by atoms with E-state index in [1.54, 1.807) is 12.1 Å². The number of ether oxygens (including phenoxy) is 1. The molecule has 2 saturated heterocycles. The van der Waals surface area contributed by atoms with Gasteiger partial charge in [0.05, 0.1) is 23.2 Å². The lowest BCUT2D eigenvalue weighted by Crippen LogP contribution is -2.47. The van der Waals surface area contributed by atoms with Crippen LogP contribution in [0.3, 0.4) is 0 Å². The molecule has 0 aromatic heterocycles. The molecular formula is C25H34N4O4S. The molecule has 0 radical (unpaired) electrons. The van der Waals surface area contributed by atoms with E-state index in [2.05, 4.69) is 27.2 Å². The Labute approximate surface area is 202 Å². The topological polar surface area (TPSA) is 82.2 Å². The molecule has 2 fully saturated rings. The first-order valence-corrected chi connectivity index (χ1v) is 13.3. The summed E-state index contributed by atoms with van der Waals surface area (Å²) in [4.78, 5) is 17.9. The van der Waals surface area contributed by atoms with Crippen molar-refractivity contribution in [2.24, 2.45) is 0 Å². The molecule has 184 valence electrons. The van der Waals surface area contributed by atoms with Crippen molar-refractivity contribution in [3.8, 4) is 0 Å². The molecule has 1 N–H and O–H groups in total. The summed E-state index contributed by atoms with van der Waals surface area (Å²) in [5, 5.41) is 3.00. The monoisotopic (exact) mass is 486 g/mol. The minimum absolute atomic E-state index is 0.119. The molecule has 1 amide bonds. The fourth-order valence-electron chi connectivity index (χ4n) is 4.49. The summed E-state index contributed by atoms with van der Waals surface area (Å²) in [7, 11) is -0.660. The molecule has 2 aromatic carbocycles. The Hall–Kier alpha value is -2.46.